The molecule has 3 aromatic rings. The lowest BCUT2D eigenvalue weighted by Gasteiger charge is -2.12. The van der Waals surface area contributed by atoms with Gasteiger partial charge in [-0.1, -0.05) is 48.0 Å². The number of hydrazone groups is 1. The van der Waals surface area contributed by atoms with Gasteiger partial charge in [0, 0.05) is 11.6 Å². The van der Waals surface area contributed by atoms with Crippen molar-refractivity contribution in [1.82, 2.24) is 4.83 Å². The van der Waals surface area contributed by atoms with Crippen LogP contribution in [-0.4, -0.2) is 26.7 Å². The van der Waals surface area contributed by atoms with Crippen molar-refractivity contribution in [3.8, 4) is 11.5 Å². The molecule has 0 aliphatic heterocycles. The van der Waals surface area contributed by atoms with Gasteiger partial charge in [0.2, 0.25) is 5.75 Å². The van der Waals surface area contributed by atoms with Gasteiger partial charge in [0.1, 0.15) is 6.61 Å². The van der Waals surface area contributed by atoms with E-state index in [-0.39, 0.29) is 34.3 Å². The van der Waals surface area contributed by atoms with Crippen LogP contribution in [0.5, 0.6) is 11.5 Å². The lowest BCUT2D eigenvalue weighted by atomic mass is 10.1. The third-order valence-electron chi connectivity index (χ3n) is 4.38. The second-order valence-electron chi connectivity index (χ2n) is 6.77. The van der Waals surface area contributed by atoms with Gasteiger partial charge in [-0.25, -0.2) is 4.83 Å². The highest BCUT2D eigenvalue weighted by atomic mass is 32.2. The van der Waals surface area contributed by atoms with Crippen LogP contribution < -0.4 is 14.3 Å². The van der Waals surface area contributed by atoms with E-state index >= 15 is 0 Å². The molecule has 1 N–H and O–H groups in total. The van der Waals surface area contributed by atoms with Crippen LogP contribution in [0.3, 0.4) is 0 Å². The molecule has 0 radical (unpaired) electrons. The highest BCUT2D eigenvalue weighted by Gasteiger charge is 2.22. The maximum atomic E-state index is 12.2. The lowest BCUT2D eigenvalue weighted by molar-refractivity contribution is -0.386. The molecule has 0 amide bonds. The van der Waals surface area contributed by atoms with Crippen molar-refractivity contribution in [2.45, 2.75) is 18.4 Å². The number of hydrogen-bond donors (Lipinski definition) is 1. The van der Waals surface area contributed by atoms with E-state index in [0.29, 0.717) is 0 Å². The molecule has 0 spiro atoms. The summed E-state index contributed by atoms with van der Waals surface area (Å²) in [4.78, 5) is 13.2. The van der Waals surface area contributed by atoms with Crippen LogP contribution in [0.2, 0.25) is 0 Å². The van der Waals surface area contributed by atoms with Crippen LogP contribution >= 0.6 is 0 Å². The molecule has 0 heterocycles. The number of benzene rings is 3. The molecular formula is C22H21N3O6S. The number of rotatable bonds is 9. The Morgan fingerprint density at radius 2 is 1.84 bits per heavy atom. The van der Waals surface area contributed by atoms with Crippen LogP contribution in [-0.2, 0) is 16.6 Å². The molecule has 0 bridgehead atoms. The summed E-state index contributed by atoms with van der Waals surface area (Å²) in [6.07, 6.45) is 1.15. The number of nitro groups is 1. The molecular weight excluding hydrogens is 434 g/mol. The molecule has 166 valence electrons. The summed E-state index contributed by atoms with van der Waals surface area (Å²) >= 11 is 0. The molecule has 0 unspecified atom stereocenters. The van der Waals surface area contributed by atoms with Crippen molar-refractivity contribution in [3.63, 3.8) is 0 Å². The van der Waals surface area contributed by atoms with Gasteiger partial charge in [-0.2, -0.15) is 13.5 Å². The molecule has 32 heavy (non-hydrogen) atoms. The first-order chi connectivity index (χ1) is 15.3. The normalized spacial score (nSPS) is 11.3. The van der Waals surface area contributed by atoms with Crippen molar-refractivity contribution in [2.24, 2.45) is 5.10 Å². The van der Waals surface area contributed by atoms with Gasteiger partial charge < -0.3 is 9.47 Å². The third-order valence-corrected chi connectivity index (χ3v) is 5.62. The molecule has 0 fully saturated rings. The average Bonchev–Trinajstić information content (AvgIpc) is 2.78. The molecule has 0 aliphatic rings. The topological polar surface area (TPSA) is 120 Å². The second-order valence-corrected chi connectivity index (χ2v) is 8.43. The van der Waals surface area contributed by atoms with Crippen molar-refractivity contribution >= 4 is 21.9 Å². The molecule has 0 aliphatic carbocycles. The van der Waals surface area contributed by atoms with Gasteiger partial charge in [0.05, 0.1) is 23.1 Å². The van der Waals surface area contributed by atoms with Crippen LogP contribution in [0, 0.1) is 17.0 Å². The molecule has 10 heteroatoms. The largest absolute Gasteiger partial charge is 0.493 e. The number of hydrogen-bond acceptors (Lipinski definition) is 7. The van der Waals surface area contributed by atoms with E-state index in [4.69, 9.17) is 9.47 Å². The number of nitrogens with one attached hydrogen (secondary N) is 1. The second kappa shape index (κ2) is 9.92. The standard InChI is InChI=1S/C22H21N3O6S/c1-16-7-6-8-17(11-16)15-31-22-20(25(26)27)12-18(13-21(22)30-2)14-23-24-32(28,29)19-9-4-3-5-10-19/h3-14,24H,15H2,1-2H3/b23-14+. The van der Waals surface area contributed by atoms with Crippen LogP contribution in [0.1, 0.15) is 16.7 Å². The Kier molecular flexibility index (Phi) is 7.06. The number of nitro benzene ring substituents is 1. The quantitative estimate of drug-likeness (QED) is 0.298. The Labute approximate surface area is 185 Å². The van der Waals surface area contributed by atoms with E-state index in [1.807, 2.05) is 31.2 Å². The molecule has 0 saturated carbocycles. The predicted molar refractivity (Wildman–Crippen MR) is 120 cm³/mol. The van der Waals surface area contributed by atoms with E-state index < -0.39 is 14.9 Å². The first-order valence-corrected chi connectivity index (χ1v) is 10.9. The summed E-state index contributed by atoms with van der Waals surface area (Å²) in [5.74, 6) is 0.0974. The highest BCUT2D eigenvalue weighted by molar-refractivity contribution is 7.89. The Bertz CT molecular complexity index is 1240. The Morgan fingerprint density at radius 1 is 1.09 bits per heavy atom. The summed E-state index contributed by atoms with van der Waals surface area (Å²) < 4.78 is 35.5. The minimum atomic E-state index is -3.86. The van der Waals surface area contributed by atoms with Gasteiger partial charge in [-0.05, 0) is 30.7 Å². The van der Waals surface area contributed by atoms with Crippen molar-refractivity contribution < 1.29 is 22.8 Å². The van der Waals surface area contributed by atoms with Crippen molar-refractivity contribution in [1.29, 1.82) is 0 Å². The molecule has 0 aromatic heterocycles. The fourth-order valence-corrected chi connectivity index (χ4v) is 3.71. The fourth-order valence-electron chi connectivity index (χ4n) is 2.90. The van der Waals surface area contributed by atoms with Crippen LogP contribution in [0.4, 0.5) is 5.69 Å². The number of methoxy groups -OCH3 is 1. The molecule has 9 nitrogen and oxygen atoms in total. The average molecular weight is 455 g/mol. The SMILES string of the molecule is COc1cc(/C=N/NS(=O)(=O)c2ccccc2)cc([N+](=O)[O-])c1OCc1cccc(C)c1. The minimum Gasteiger partial charge on any atom is -0.493 e. The van der Waals surface area contributed by atoms with Crippen LogP contribution in [0.25, 0.3) is 0 Å². The zero-order valence-corrected chi connectivity index (χ0v) is 18.2. The van der Waals surface area contributed by atoms with Crippen molar-refractivity contribution in [2.75, 3.05) is 7.11 Å². The Balaban J connectivity index is 1.84. The summed E-state index contributed by atoms with van der Waals surface area (Å²) in [5, 5.41) is 15.4. The minimum absolute atomic E-state index is 0.0268. The monoisotopic (exact) mass is 455 g/mol. The van der Waals surface area contributed by atoms with Crippen molar-refractivity contribution in [3.05, 3.63) is 93.5 Å². The molecule has 0 saturated heterocycles. The van der Waals surface area contributed by atoms with E-state index in [1.165, 1.54) is 31.4 Å². The molecule has 3 aromatic carbocycles. The number of aryl methyl sites for hydroxylation is 1. The summed E-state index contributed by atoms with van der Waals surface area (Å²) in [5.41, 5.74) is 1.82. The number of sulfonamides is 1. The maximum absolute atomic E-state index is 12.2. The summed E-state index contributed by atoms with van der Waals surface area (Å²) in [7, 11) is -2.50. The molecule has 3 rings (SSSR count). The smallest absolute Gasteiger partial charge is 0.315 e. The fraction of sp³-hybridized carbons (Fsp3) is 0.136. The van der Waals surface area contributed by atoms with Gasteiger partial charge in [-0.15, -0.1) is 0 Å². The highest BCUT2D eigenvalue weighted by Crippen LogP contribution is 2.38. The first kappa shape index (κ1) is 22.8. The molecule has 0 atom stereocenters. The Morgan fingerprint density at radius 3 is 2.50 bits per heavy atom. The lowest BCUT2D eigenvalue weighted by Crippen LogP contribution is -2.18. The summed E-state index contributed by atoms with van der Waals surface area (Å²) in [6, 6.07) is 18.0. The van der Waals surface area contributed by atoms with E-state index in [0.717, 1.165) is 17.3 Å². The van der Waals surface area contributed by atoms with E-state index in [9.17, 15) is 18.5 Å². The zero-order chi connectivity index (χ0) is 23.1. The van der Waals surface area contributed by atoms with Crippen LogP contribution in [0.15, 0.2) is 76.7 Å². The maximum Gasteiger partial charge on any atom is 0.315 e. The van der Waals surface area contributed by atoms with E-state index in [1.54, 1.807) is 18.2 Å². The number of ether oxygens (including phenoxy) is 2. The zero-order valence-electron chi connectivity index (χ0n) is 17.4. The Hall–Kier alpha value is -3.92. The van der Waals surface area contributed by atoms with Gasteiger partial charge in [-0.3, -0.25) is 10.1 Å². The van der Waals surface area contributed by atoms with Gasteiger partial charge >= 0.3 is 5.69 Å². The number of nitrogens with zero attached hydrogens (tertiary/aromatic N) is 2. The predicted octanol–water partition coefficient (Wildman–Crippen LogP) is 3.80. The van der Waals surface area contributed by atoms with Gasteiger partial charge in [0.15, 0.2) is 5.75 Å². The summed E-state index contributed by atoms with van der Waals surface area (Å²) in [6.45, 7) is 2.05. The van der Waals surface area contributed by atoms with E-state index in [2.05, 4.69) is 9.93 Å². The third kappa shape index (κ3) is 5.61. The van der Waals surface area contributed by atoms with Gasteiger partial charge in [0.25, 0.3) is 10.0 Å². The first-order valence-electron chi connectivity index (χ1n) is 9.45.